The predicted molar refractivity (Wildman–Crippen MR) is 77.3 cm³/mol. The Labute approximate surface area is 120 Å². The highest BCUT2D eigenvalue weighted by atomic mass is 16.5. The van der Waals surface area contributed by atoms with Crippen molar-refractivity contribution < 1.29 is 9.53 Å². The fourth-order valence-electron chi connectivity index (χ4n) is 2.02. The zero-order valence-corrected chi connectivity index (χ0v) is 11.6. The molecule has 106 valence electrons. The molecule has 1 amide bonds. The van der Waals surface area contributed by atoms with Crippen LogP contribution < -0.4 is 10.1 Å². The molecule has 0 saturated carbocycles. The van der Waals surface area contributed by atoms with E-state index in [1.807, 2.05) is 0 Å². The minimum atomic E-state index is -0.289. The lowest BCUT2D eigenvalue weighted by molar-refractivity contribution is 0.102. The van der Waals surface area contributed by atoms with E-state index in [-0.39, 0.29) is 11.8 Å². The summed E-state index contributed by atoms with van der Waals surface area (Å²) in [5.41, 5.74) is 2.50. The molecule has 0 unspecified atom stereocenters. The van der Waals surface area contributed by atoms with Crippen LogP contribution in [-0.4, -0.2) is 33.0 Å². The summed E-state index contributed by atoms with van der Waals surface area (Å²) in [6, 6.07) is 8.69. The Morgan fingerprint density at radius 1 is 1.24 bits per heavy atom. The van der Waals surface area contributed by atoms with Gasteiger partial charge in [-0.2, -0.15) is 15.0 Å². The van der Waals surface area contributed by atoms with Gasteiger partial charge in [0, 0.05) is 18.9 Å². The van der Waals surface area contributed by atoms with E-state index in [0.29, 0.717) is 16.8 Å². The number of aromatic nitrogens is 4. The molecule has 3 aromatic rings. The van der Waals surface area contributed by atoms with Crippen LogP contribution in [0.4, 0.5) is 5.69 Å². The molecule has 0 saturated heterocycles. The SMILES string of the molecule is COc1ncccc1C(=O)Nc1ccc2nn(C)nc2c1. The molecule has 2 heterocycles. The molecule has 0 aliphatic rings. The highest BCUT2D eigenvalue weighted by molar-refractivity contribution is 6.06. The molecule has 0 atom stereocenters. The number of nitrogens with one attached hydrogen (secondary N) is 1. The lowest BCUT2D eigenvalue weighted by Crippen LogP contribution is -2.13. The minimum absolute atomic E-state index is 0.288. The Morgan fingerprint density at radius 3 is 2.86 bits per heavy atom. The van der Waals surface area contributed by atoms with Crippen molar-refractivity contribution in [3.63, 3.8) is 0 Å². The van der Waals surface area contributed by atoms with Crippen molar-refractivity contribution in [2.24, 2.45) is 7.05 Å². The Balaban J connectivity index is 1.88. The highest BCUT2D eigenvalue weighted by Crippen LogP contribution is 2.19. The van der Waals surface area contributed by atoms with Gasteiger partial charge in [0.05, 0.1) is 7.11 Å². The fourth-order valence-corrected chi connectivity index (χ4v) is 2.02. The second kappa shape index (κ2) is 5.20. The number of ether oxygens (including phenoxy) is 1. The van der Waals surface area contributed by atoms with Crippen molar-refractivity contribution in [2.45, 2.75) is 0 Å². The number of aryl methyl sites for hydroxylation is 1. The van der Waals surface area contributed by atoms with Gasteiger partial charge in [0.25, 0.3) is 5.91 Å². The molecule has 1 aromatic carbocycles. The number of fused-ring (bicyclic) bond motifs is 1. The topological polar surface area (TPSA) is 81.9 Å². The van der Waals surface area contributed by atoms with Gasteiger partial charge in [0.1, 0.15) is 16.6 Å². The molecule has 7 heteroatoms. The summed E-state index contributed by atoms with van der Waals surface area (Å²) >= 11 is 0. The fraction of sp³-hybridized carbons (Fsp3) is 0.143. The predicted octanol–water partition coefficient (Wildman–Crippen LogP) is 1.62. The van der Waals surface area contributed by atoms with Gasteiger partial charge in [-0.05, 0) is 30.3 Å². The molecule has 0 spiro atoms. The standard InChI is InChI=1S/C14H13N5O2/c1-19-17-11-6-5-9(8-12(11)18-19)16-13(20)10-4-3-7-15-14(10)21-2/h3-8H,1-2H3,(H,16,20). The molecule has 21 heavy (non-hydrogen) atoms. The van der Waals surface area contributed by atoms with E-state index in [1.165, 1.54) is 11.9 Å². The van der Waals surface area contributed by atoms with Crippen molar-refractivity contribution in [1.29, 1.82) is 0 Å². The maximum Gasteiger partial charge on any atom is 0.261 e. The Bertz CT molecular complexity index is 812. The zero-order chi connectivity index (χ0) is 14.8. The van der Waals surface area contributed by atoms with Gasteiger partial charge in [0.15, 0.2) is 0 Å². The molecule has 0 fully saturated rings. The number of amides is 1. The Kier molecular flexibility index (Phi) is 3.23. The highest BCUT2D eigenvalue weighted by Gasteiger charge is 2.13. The van der Waals surface area contributed by atoms with Gasteiger partial charge in [-0.3, -0.25) is 4.79 Å². The second-order valence-corrected chi connectivity index (χ2v) is 4.41. The van der Waals surface area contributed by atoms with E-state index in [9.17, 15) is 4.79 Å². The van der Waals surface area contributed by atoms with E-state index in [4.69, 9.17) is 4.74 Å². The summed E-state index contributed by atoms with van der Waals surface area (Å²) in [5.74, 6) is -0.00114. The smallest absolute Gasteiger partial charge is 0.261 e. The summed E-state index contributed by atoms with van der Waals surface area (Å²) in [6.07, 6.45) is 1.57. The van der Waals surface area contributed by atoms with Crippen LogP contribution in [0.3, 0.4) is 0 Å². The van der Waals surface area contributed by atoms with Crippen molar-refractivity contribution in [1.82, 2.24) is 20.0 Å². The number of anilines is 1. The van der Waals surface area contributed by atoms with E-state index < -0.39 is 0 Å². The minimum Gasteiger partial charge on any atom is -0.480 e. The van der Waals surface area contributed by atoms with Crippen LogP contribution in [0.25, 0.3) is 11.0 Å². The van der Waals surface area contributed by atoms with Crippen LogP contribution in [0.5, 0.6) is 5.88 Å². The largest absolute Gasteiger partial charge is 0.480 e. The third kappa shape index (κ3) is 2.53. The summed E-state index contributed by atoms with van der Waals surface area (Å²) in [5, 5.41) is 11.2. The summed E-state index contributed by atoms with van der Waals surface area (Å²) in [6.45, 7) is 0. The third-order valence-corrected chi connectivity index (χ3v) is 2.95. The van der Waals surface area contributed by atoms with Gasteiger partial charge in [-0.15, -0.1) is 0 Å². The first kappa shape index (κ1) is 13.0. The molecule has 0 aliphatic carbocycles. The summed E-state index contributed by atoms with van der Waals surface area (Å²) in [4.78, 5) is 17.8. The van der Waals surface area contributed by atoms with Gasteiger partial charge >= 0.3 is 0 Å². The number of nitrogens with zero attached hydrogens (tertiary/aromatic N) is 4. The summed E-state index contributed by atoms with van der Waals surface area (Å²) < 4.78 is 5.08. The summed E-state index contributed by atoms with van der Waals surface area (Å²) in [7, 11) is 3.23. The lowest BCUT2D eigenvalue weighted by Gasteiger charge is -2.07. The maximum atomic E-state index is 12.3. The van der Waals surface area contributed by atoms with E-state index in [0.717, 1.165) is 5.52 Å². The molecular formula is C14H13N5O2. The van der Waals surface area contributed by atoms with E-state index in [1.54, 1.807) is 43.6 Å². The van der Waals surface area contributed by atoms with Crippen LogP contribution in [-0.2, 0) is 7.05 Å². The molecule has 0 bridgehead atoms. The first-order valence-corrected chi connectivity index (χ1v) is 6.29. The van der Waals surface area contributed by atoms with Crippen LogP contribution >= 0.6 is 0 Å². The van der Waals surface area contributed by atoms with Crippen molar-refractivity contribution in [2.75, 3.05) is 12.4 Å². The van der Waals surface area contributed by atoms with Crippen molar-refractivity contribution in [3.8, 4) is 5.88 Å². The van der Waals surface area contributed by atoms with Gasteiger partial charge < -0.3 is 10.1 Å². The number of carbonyl (C=O) groups excluding carboxylic acids is 1. The molecule has 3 rings (SSSR count). The average molecular weight is 283 g/mol. The van der Waals surface area contributed by atoms with Crippen molar-refractivity contribution in [3.05, 3.63) is 42.1 Å². The van der Waals surface area contributed by atoms with Crippen LogP contribution in [0.2, 0.25) is 0 Å². The van der Waals surface area contributed by atoms with Crippen LogP contribution in [0.15, 0.2) is 36.5 Å². The first-order valence-electron chi connectivity index (χ1n) is 6.29. The Morgan fingerprint density at radius 2 is 2.05 bits per heavy atom. The molecule has 1 N–H and O–H groups in total. The first-order chi connectivity index (χ1) is 10.2. The molecule has 0 aliphatic heterocycles. The number of hydrogen-bond donors (Lipinski definition) is 1. The van der Waals surface area contributed by atoms with Gasteiger partial charge in [-0.1, -0.05) is 0 Å². The quantitative estimate of drug-likeness (QED) is 0.790. The second-order valence-electron chi connectivity index (χ2n) is 4.41. The van der Waals surface area contributed by atoms with Gasteiger partial charge in [-0.25, -0.2) is 4.98 Å². The number of methoxy groups -OCH3 is 1. The number of benzene rings is 1. The molecule has 7 nitrogen and oxygen atoms in total. The third-order valence-electron chi connectivity index (χ3n) is 2.95. The number of rotatable bonds is 3. The van der Waals surface area contributed by atoms with Gasteiger partial charge in [0.2, 0.25) is 5.88 Å². The Hall–Kier alpha value is -2.96. The van der Waals surface area contributed by atoms with Crippen molar-refractivity contribution >= 4 is 22.6 Å². The zero-order valence-electron chi connectivity index (χ0n) is 11.6. The average Bonchev–Trinajstić information content (AvgIpc) is 2.86. The number of pyridine rings is 1. The van der Waals surface area contributed by atoms with E-state index >= 15 is 0 Å². The van der Waals surface area contributed by atoms with Crippen LogP contribution in [0.1, 0.15) is 10.4 Å². The van der Waals surface area contributed by atoms with Crippen LogP contribution in [0, 0.1) is 0 Å². The lowest BCUT2D eigenvalue weighted by atomic mass is 10.2. The normalized spacial score (nSPS) is 10.6. The monoisotopic (exact) mass is 283 g/mol. The molecular weight excluding hydrogens is 270 g/mol. The number of hydrogen-bond acceptors (Lipinski definition) is 5. The molecule has 0 radical (unpaired) electrons. The maximum absolute atomic E-state index is 12.3. The number of carbonyl (C=O) groups is 1. The molecule has 2 aromatic heterocycles. The van der Waals surface area contributed by atoms with E-state index in [2.05, 4.69) is 20.5 Å².